The van der Waals surface area contributed by atoms with E-state index in [9.17, 15) is 4.79 Å². The number of hydrogen-bond donors (Lipinski definition) is 2. The van der Waals surface area contributed by atoms with Crippen LogP contribution in [0.15, 0.2) is 18.3 Å². The Balaban J connectivity index is 3.08. The first-order chi connectivity index (χ1) is 5.94. The van der Waals surface area contributed by atoms with Crippen LogP contribution < -0.4 is 5.73 Å². The largest absolute Gasteiger partial charge is 0.480 e. The molecule has 1 heterocycles. The number of aliphatic carboxylic acids is 1. The minimum Gasteiger partial charge on any atom is -0.480 e. The Labute approximate surface area is 76.4 Å². The first kappa shape index (κ1) is 9.67. The molecule has 4 heteroatoms. The molecule has 0 aliphatic heterocycles. The molecule has 0 saturated heterocycles. The van der Waals surface area contributed by atoms with Crippen LogP contribution in [0.5, 0.6) is 0 Å². The third-order valence-corrected chi connectivity index (χ3v) is 1.96. The number of nitrogens with two attached hydrogens (primary N) is 1. The average Bonchev–Trinajstić information content (AvgIpc) is 2.04. The fraction of sp³-hybridized carbons (Fsp3) is 0.333. The number of carboxylic acid groups (broad SMARTS) is 1. The van der Waals surface area contributed by atoms with Gasteiger partial charge in [-0.2, -0.15) is 0 Å². The fourth-order valence-electron chi connectivity index (χ4n) is 0.898. The summed E-state index contributed by atoms with van der Waals surface area (Å²) in [6.45, 7) is 3.28. The number of aromatic nitrogens is 1. The van der Waals surface area contributed by atoms with E-state index in [4.69, 9.17) is 10.8 Å². The highest BCUT2D eigenvalue weighted by Crippen LogP contribution is 2.16. The van der Waals surface area contributed by atoms with Gasteiger partial charge in [0.25, 0.3) is 0 Å². The molecule has 0 aromatic carbocycles. The third kappa shape index (κ3) is 1.84. The van der Waals surface area contributed by atoms with E-state index in [0.717, 1.165) is 5.69 Å². The molecule has 1 aromatic rings. The van der Waals surface area contributed by atoms with Gasteiger partial charge in [0, 0.05) is 17.5 Å². The summed E-state index contributed by atoms with van der Waals surface area (Å²) in [6.07, 6.45) is 1.49. The van der Waals surface area contributed by atoms with Crippen molar-refractivity contribution in [3.63, 3.8) is 0 Å². The minimum absolute atomic E-state index is 0.505. The van der Waals surface area contributed by atoms with E-state index < -0.39 is 11.5 Å². The zero-order chi connectivity index (χ0) is 10.1. The van der Waals surface area contributed by atoms with Crippen molar-refractivity contribution >= 4 is 5.97 Å². The van der Waals surface area contributed by atoms with Gasteiger partial charge in [-0.05, 0) is 19.9 Å². The van der Waals surface area contributed by atoms with Gasteiger partial charge in [-0.3, -0.25) is 4.98 Å². The molecule has 3 N–H and O–H groups in total. The summed E-state index contributed by atoms with van der Waals surface area (Å²) in [5.74, 6) is -1.06. The number of hydrogen-bond acceptors (Lipinski definition) is 3. The summed E-state index contributed by atoms with van der Waals surface area (Å²) in [6, 6.07) is 3.42. The molecular formula is C9H12N2O2. The molecule has 0 saturated carbocycles. The van der Waals surface area contributed by atoms with E-state index in [-0.39, 0.29) is 0 Å². The van der Waals surface area contributed by atoms with Gasteiger partial charge in [0.2, 0.25) is 0 Å². The van der Waals surface area contributed by atoms with Crippen molar-refractivity contribution in [2.75, 3.05) is 0 Å². The Morgan fingerprint density at radius 3 is 2.62 bits per heavy atom. The molecule has 13 heavy (non-hydrogen) atoms. The quantitative estimate of drug-likeness (QED) is 0.700. The van der Waals surface area contributed by atoms with Crippen LogP contribution >= 0.6 is 0 Å². The highest BCUT2D eigenvalue weighted by molar-refractivity contribution is 5.79. The number of aryl methyl sites for hydroxylation is 1. The lowest BCUT2D eigenvalue weighted by molar-refractivity contribution is -0.143. The van der Waals surface area contributed by atoms with Crippen LogP contribution in [-0.2, 0) is 10.3 Å². The number of carbonyl (C=O) groups is 1. The molecule has 4 nitrogen and oxygen atoms in total. The molecular weight excluding hydrogens is 168 g/mol. The summed E-state index contributed by atoms with van der Waals surface area (Å²) in [5.41, 5.74) is 5.57. The SMILES string of the molecule is Cc1ccc([C@](C)(N)C(=O)O)cn1. The van der Waals surface area contributed by atoms with Crippen LogP contribution in [-0.4, -0.2) is 16.1 Å². The van der Waals surface area contributed by atoms with Gasteiger partial charge in [-0.15, -0.1) is 0 Å². The van der Waals surface area contributed by atoms with Crippen molar-refractivity contribution in [2.45, 2.75) is 19.4 Å². The second kappa shape index (κ2) is 3.14. The second-order valence-corrected chi connectivity index (χ2v) is 3.20. The zero-order valence-corrected chi connectivity index (χ0v) is 7.61. The Morgan fingerprint density at radius 1 is 1.62 bits per heavy atom. The standard InChI is InChI=1S/C9H12N2O2/c1-6-3-4-7(5-11-6)9(2,10)8(12)13/h3-5H,10H2,1-2H3,(H,12,13)/t9-/m0/s1. The van der Waals surface area contributed by atoms with Crippen molar-refractivity contribution in [3.05, 3.63) is 29.6 Å². The highest BCUT2D eigenvalue weighted by Gasteiger charge is 2.30. The second-order valence-electron chi connectivity index (χ2n) is 3.20. The number of nitrogens with zero attached hydrogens (tertiary/aromatic N) is 1. The summed E-state index contributed by atoms with van der Waals surface area (Å²) in [4.78, 5) is 14.7. The van der Waals surface area contributed by atoms with E-state index in [2.05, 4.69) is 4.98 Å². The Hall–Kier alpha value is -1.42. The van der Waals surface area contributed by atoms with Crippen molar-refractivity contribution in [1.29, 1.82) is 0 Å². The van der Waals surface area contributed by atoms with Crippen molar-refractivity contribution in [2.24, 2.45) is 5.73 Å². The molecule has 70 valence electrons. The number of rotatable bonds is 2. The molecule has 1 aromatic heterocycles. The van der Waals surface area contributed by atoms with E-state index in [1.165, 1.54) is 13.1 Å². The monoisotopic (exact) mass is 180 g/mol. The molecule has 0 aliphatic rings. The van der Waals surface area contributed by atoms with Gasteiger partial charge in [-0.25, -0.2) is 4.79 Å². The molecule has 1 rings (SSSR count). The lowest BCUT2D eigenvalue weighted by Crippen LogP contribution is -2.41. The van der Waals surface area contributed by atoms with Crippen molar-refractivity contribution in [1.82, 2.24) is 4.98 Å². The van der Waals surface area contributed by atoms with Gasteiger partial charge < -0.3 is 10.8 Å². The summed E-state index contributed by atoms with van der Waals surface area (Å²) in [5, 5.41) is 8.81. The Kier molecular flexibility index (Phi) is 2.34. The van der Waals surface area contributed by atoms with E-state index in [1.54, 1.807) is 12.1 Å². The van der Waals surface area contributed by atoms with Gasteiger partial charge >= 0.3 is 5.97 Å². The normalized spacial score (nSPS) is 15.0. The molecule has 0 aliphatic carbocycles. The molecule has 0 unspecified atom stereocenters. The molecule has 0 amide bonds. The maximum Gasteiger partial charge on any atom is 0.328 e. The van der Waals surface area contributed by atoms with Gasteiger partial charge in [-0.1, -0.05) is 6.07 Å². The van der Waals surface area contributed by atoms with Crippen LogP contribution in [0.4, 0.5) is 0 Å². The number of pyridine rings is 1. The van der Waals surface area contributed by atoms with Crippen molar-refractivity contribution < 1.29 is 9.90 Å². The van der Waals surface area contributed by atoms with Crippen LogP contribution in [0.2, 0.25) is 0 Å². The summed E-state index contributed by atoms with van der Waals surface area (Å²) < 4.78 is 0. The minimum atomic E-state index is -1.36. The molecule has 0 fully saturated rings. The molecule has 1 atom stereocenters. The van der Waals surface area contributed by atoms with E-state index in [1.807, 2.05) is 6.92 Å². The summed E-state index contributed by atoms with van der Waals surface area (Å²) in [7, 11) is 0. The fourth-order valence-corrected chi connectivity index (χ4v) is 0.898. The summed E-state index contributed by atoms with van der Waals surface area (Å²) >= 11 is 0. The van der Waals surface area contributed by atoms with Gasteiger partial charge in [0.15, 0.2) is 0 Å². The molecule has 0 radical (unpaired) electrons. The predicted octanol–water partition coefficient (Wildman–Crippen LogP) is 0.649. The predicted molar refractivity (Wildman–Crippen MR) is 48.1 cm³/mol. The van der Waals surface area contributed by atoms with E-state index >= 15 is 0 Å². The van der Waals surface area contributed by atoms with Crippen LogP contribution in [0.1, 0.15) is 18.2 Å². The lowest BCUT2D eigenvalue weighted by atomic mass is 9.95. The van der Waals surface area contributed by atoms with Crippen LogP contribution in [0, 0.1) is 6.92 Å². The molecule has 0 spiro atoms. The maximum atomic E-state index is 10.8. The first-order valence-electron chi connectivity index (χ1n) is 3.90. The lowest BCUT2D eigenvalue weighted by Gasteiger charge is -2.18. The maximum absolute atomic E-state index is 10.8. The van der Waals surface area contributed by atoms with Crippen LogP contribution in [0.3, 0.4) is 0 Å². The first-order valence-corrected chi connectivity index (χ1v) is 3.90. The van der Waals surface area contributed by atoms with Gasteiger partial charge in [0.05, 0.1) is 0 Å². The Morgan fingerprint density at radius 2 is 2.23 bits per heavy atom. The van der Waals surface area contributed by atoms with Crippen LogP contribution in [0.25, 0.3) is 0 Å². The molecule has 0 bridgehead atoms. The average molecular weight is 180 g/mol. The Bertz CT molecular complexity index is 317. The highest BCUT2D eigenvalue weighted by atomic mass is 16.4. The van der Waals surface area contributed by atoms with E-state index in [0.29, 0.717) is 5.56 Å². The zero-order valence-electron chi connectivity index (χ0n) is 7.61. The number of carboxylic acids is 1. The third-order valence-electron chi connectivity index (χ3n) is 1.96. The van der Waals surface area contributed by atoms with Crippen molar-refractivity contribution in [3.8, 4) is 0 Å². The smallest absolute Gasteiger partial charge is 0.328 e. The van der Waals surface area contributed by atoms with Gasteiger partial charge in [0.1, 0.15) is 5.54 Å². The topological polar surface area (TPSA) is 76.2 Å².